The molecule has 4 nitrogen and oxygen atoms in total. The normalized spacial score (nSPS) is 21.9. The van der Waals surface area contributed by atoms with Gasteiger partial charge in [0.1, 0.15) is 0 Å². The molecule has 1 atom stereocenters. The van der Waals surface area contributed by atoms with E-state index in [1.807, 2.05) is 0 Å². The van der Waals surface area contributed by atoms with Crippen molar-refractivity contribution in [3.8, 4) is 0 Å². The van der Waals surface area contributed by atoms with Crippen LogP contribution < -0.4 is 5.73 Å². The first-order chi connectivity index (χ1) is 8.05. The van der Waals surface area contributed by atoms with Crippen LogP contribution in [0.25, 0.3) is 0 Å². The fourth-order valence-corrected chi connectivity index (χ4v) is 4.50. The van der Waals surface area contributed by atoms with Crippen molar-refractivity contribution in [3.63, 3.8) is 0 Å². The Morgan fingerprint density at radius 3 is 2.71 bits per heavy atom. The minimum Gasteiger partial charge on any atom is -0.330 e. The predicted octanol–water partition coefficient (Wildman–Crippen LogP) is 1.42. The van der Waals surface area contributed by atoms with Gasteiger partial charge < -0.3 is 5.73 Å². The lowest BCUT2D eigenvalue weighted by Crippen LogP contribution is -2.30. The SMILES string of the molecule is NCC1CCN(S(=O)(=O)c2ccccc2Br)C1. The van der Waals surface area contributed by atoms with Gasteiger partial charge in [0.25, 0.3) is 0 Å². The Morgan fingerprint density at radius 2 is 2.12 bits per heavy atom. The van der Waals surface area contributed by atoms with E-state index >= 15 is 0 Å². The molecular formula is C11H15BrN2O2S. The van der Waals surface area contributed by atoms with Gasteiger partial charge in [-0.3, -0.25) is 0 Å². The second kappa shape index (κ2) is 5.06. The van der Waals surface area contributed by atoms with Crippen molar-refractivity contribution in [2.75, 3.05) is 19.6 Å². The van der Waals surface area contributed by atoms with Gasteiger partial charge in [-0.15, -0.1) is 0 Å². The molecule has 1 fully saturated rings. The molecule has 0 radical (unpaired) electrons. The van der Waals surface area contributed by atoms with Gasteiger partial charge in [-0.1, -0.05) is 12.1 Å². The first kappa shape index (κ1) is 13.0. The third-order valence-electron chi connectivity index (χ3n) is 3.04. The summed E-state index contributed by atoms with van der Waals surface area (Å²) in [4.78, 5) is 0.331. The Morgan fingerprint density at radius 1 is 1.41 bits per heavy atom. The van der Waals surface area contributed by atoms with Crippen LogP contribution in [0.3, 0.4) is 0 Å². The summed E-state index contributed by atoms with van der Waals surface area (Å²) in [5.41, 5.74) is 5.58. The molecule has 1 unspecified atom stereocenters. The molecular weight excluding hydrogens is 304 g/mol. The number of hydrogen-bond acceptors (Lipinski definition) is 3. The van der Waals surface area contributed by atoms with Crippen molar-refractivity contribution in [1.29, 1.82) is 0 Å². The van der Waals surface area contributed by atoms with E-state index in [0.717, 1.165) is 6.42 Å². The summed E-state index contributed by atoms with van der Waals surface area (Å²) in [7, 11) is -3.38. The number of sulfonamides is 1. The largest absolute Gasteiger partial charge is 0.330 e. The summed E-state index contributed by atoms with van der Waals surface area (Å²) in [5, 5.41) is 0. The highest BCUT2D eigenvalue weighted by molar-refractivity contribution is 9.10. The van der Waals surface area contributed by atoms with Gasteiger partial charge >= 0.3 is 0 Å². The highest BCUT2D eigenvalue weighted by Crippen LogP contribution is 2.28. The second-order valence-electron chi connectivity index (χ2n) is 4.18. The Bertz CT molecular complexity index is 504. The molecule has 0 bridgehead atoms. The lowest BCUT2D eigenvalue weighted by atomic mass is 10.1. The van der Waals surface area contributed by atoms with Crippen LogP contribution in [0, 0.1) is 5.92 Å². The molecule has 2 N–H and O–H groups in total. The lowest BCUT2D eigenvalue weighted by Gasteiger charge is -2.17. The molecule has 94 valence electrons. The van der Waals surface area contributed by atoms with Crippen molar-refractivity contribution in [3.05, 3.63) is 28.7 Å². The van der Waals surface area contributed by atoms with Crippen molar-refractivity contribution in [1.82, 2.24) is 4.31 Å². The molecule has 1 aliphatic heterocycles. The highest BCUT2D eigenvalue weighted by atomic mass is 79.9. The fraction of sp³-hybridized carbons (Fsp3) is 0.455. The Hall–Kier alpha value is -0.430. The smallest absolute Gasteiger partial charge is 0.244 e. The van der Waals surface area contributed by atoms with Gasteiger partial charge in [0.05, 0.1) is 4.90 Å². The predicted molar refractivity (Wildman–Crippen MR) is 70.1 cm³/mol. The van der Waals surface area contributed by atoms with Gasteiger partial charge in [-0.25, -0.2) is 8.42 Å². The highest BCUT2D eigenvalue weighted by Gasteiger charge is 2.32. The van der Waals surface area contributed by atoms with E-state index < -0.39 is 10.0 Å². The van der Waals surface area contributed by atoms with Gasteiger partial charge in [-0.05, 0) is 46.9 Å². The summed E-state index contributed by atoms with van der Waals surface area (Å²) in [5.74, 6) is 0.285. The average molecular weight is 319 g/mol. The molecule has 0 saturated carbocycles. The standard InChI is InChI=1S/C11H15BrN2O2S/c12-10-3-1-2-4-11(10)17(15,16)14-6-5-9(7-13)8-14/h1-4,9H,5-8,13H2. The third kappa shape index (κ3) is 2.54. The molecule has 1 saturated heterocycles. The summed E-state index contributed by atoms with van der Waals surface area (Å²) in [6.07, 6.45) is 0.847. The molecule has 0 aliphatic carbocycles. The van der Waals surface area contributed by atoms with Crippen molar-refractivity contribution >= 4 is 26.0 Å². The maximum atomic E-state index is 12.4. The van der Waals surface area contributed by atoms with E-state index in [1.165, 1.54) is 4.31 Å². The van der Waals surface area contributed by atoms with Gasteiger partial charge in [0, 0.05) is 17.6 Å². The van der Waals surface area contributed by atoms with Crippen molar-refractivity contribution in [2.45, 2.75) is 11.3 Å². The van der Waals surface area contributed by atoms with E-state index in [-0.39, 0.29) is 5.92 Å². The van der Waals surface area contributed by atoms with E-state index in [4.69, 9.17) is 5.73 Å². The maximum Gasteiger partial charge on any atom is 0.244 e. The second-order valence-corrected chi connectivity index (χ2v) is 6.94. The minimum atomic E-state index is -3.38. The van der Waals surface area contributed by atoms with E-state index in [2.05, 4.69) is 15.9 Å². The van der Waals surface area contributed by atoms with E-state index in [1.54, 1.807) is 24.3 Å². The molecule has 0 spiro atoms. The first-order valence-electron chi connectivity index (χ1n) is 5.50. The first-order valence-corrected chi connectivity index (χ1v) is 7.73. The van der Waals surface area contributed by atoms with E-state index in [9.17, 15) is 8.42 Å². The number of nitrogens with two attached hydrogens (primary N) is 1. The number of rotatable bonds is 3. The third-order valence-corrected chi connectivity index (χ3v) is 5.91. The molecule has 0 aromatic heterocycles. The summed E-state index contributed by atoms with van der Waals surface area (Å²) >= 11 is 3.28. The molecule has 1 heterocycles. The van der Waals surface area contributed by atoms with Gasteiger partial charge in [0.2, 0.25) is 10.0 Å². The summed E-state index contributed by atoms with van der Waals surface area (Å²) < 4.78 is 26.9. The number of benzene rings is 1. The van der Waals surface area contributed by atoms with Crippen LogP contribution in [0.1, 0.15) is 6.42 Å². The Balaban J connectivity index is 2.29. The van der Waals surface area contributed by atoms with Crippen molar-refractivity contribution < 1.29 is 8.42 Å². The monoisotopic (exact) mass is 318 g/mol. The molecule has 1 aliphatic rings. The summed E-state index contributed by atoms with van der Waals surface area (Å²) in [6.45, 7) is 1.63. The quantitative estimate of drug-likeness (QED) is 0.916. The number of hydrogen-bond donors (Lipinski definition) is 1. The maximum absolute atomic E-state index is 12.4. The van der Waals surface area contributed by atoms with Crippen LogP contribution >= 0.6 is 15.9 Å². The molecule has 1 aromatic rings. The number of nitrogens with zero attached hydrogens (tertiary/aromatic N) is 1. The zero-order chi connectivity index (χ0) is 12.5. The topological polar surface area (TPSA) is 63.4 Å². The number of halogens is 1. The van der Waals surface area contributed by atoms with Crippen LogP contribution in [-0.2, 0) is 10.0 Å². The zero-order valence-electron chi connectivity index (χ0n) is 9.34. The molecule has 0 amide bonds. The van der Waals surface area contributed by atoms with Gasteiger partial charge in [0.15, 0.2) is 0 Å². The van der Waals surface area contributed by atoms with Crippen LogP contribution in [-0.4, -0.2) is 32.4 Å². The van der Waals surface area contributed by atoms with Crippen molar-refractivity contribution in [2.24, 2.45) is 11.7 Å². The van der Waals surface area contributed by atoms with Crippen LogP contribution in [0.15, 0.2) is 33.6 Å². The van der Waals surface area contributed by atoms with Crippen LogP contribution in [0.4, 0.5) is 0 Å². The Kier molecular flexibility index (Phi) is 3.87. The molecule has 6 heteroatoms. The van der Waals surface area contributed by atoms with Gasteiger partial charge in [-0.2, -0.15) is 4.31 Å². The van der Waals surface area contributed by atoms with Crippen LogP contribution in [0.5, 0.6) is 0 Å². The lowest BCUT2D eigenvalue weighted by molar-refractivity contribution is 0.459. The molecule has 2 rings (SSSR count). The molecule has 1 aromatic carbocycles. The molecule has 17 heavy (non-hydrogen) atoms. The van der Waals surface area contributed by atoms with E-state index in [0.29, 0.717) is 29.0 Å². The average Bonchev–Trinajstić information content (AvgIpc) is 2.78. The zero-order valence-corrected chi connectivity index (χ0v) is 11.7. The Labute approximate surface area is 110 Å². The minimum absolute atomic E-state index is 0.285. The fourth-order valence-electron chi connectivity index (χ4n) is 2.00. The summed E-state index contributed by atoms with van der Waals surface area (Å²) in [6, 6.07) is 6.89. The van der Waals surface area contributed by atoms with Crippen LogP contribution in [0.2, 0.25) is 0 Å².